The number of hydrogen-bond acceptors (Lipinski definition) is 5. The molecule has 10 nitrogen and oxygen atoms in total. The molecule has 10 heteroatoms. The van der Waals surface area contributed by atoms with Crippen LogP contribution < -0.4 is 16.0 Å². The fourth-order valence-electron chi connectivity index (χ4n) is 3.62. The lowest BCUT2D eigenvalue weighted by atomic mass is 10.0. The van der Waals surface area contributed by atoms with Crippen LogP contribution in [0.5, 0.6) is 0 Å². The van der Waals surface area contributed by atoms with E-state index in [0.29, 0.717) is 29.5 Å². The summed E-state index contributed by atoms with van der Waals surface area (Å²) >= 11 is 0. The van der Waals surface area contributed by atoms with E-state index in [1.807, 2.05) is 12.1 Å². The van der Waals surface area contributed by atoms with Gasteiger partial charge in [-0.3, -0.25) is 19.5 Å². The van der Waals surface area contributed by atoms with Crippen LogP contribution in [0.25, 0.3) is 10.9 Å². The minimum Gasteiger partial charge on any atom is -0.478 e. The van der Waals surface area contributed by atoms with Crippen LogP contribution in [0.1, 0.15) is 39.3 Å². The number of anilines is 1. The Hall–Kier alpha value is -4.21. The molecule has 0 radical (unpaired) electrons. The molecule has 0 saturated heterocycles. The first kappa shape index (κ1) is 21.0. The van der Waals surface area contributed by atoms with Crippen LogP contribution in [0.2, 0.25) is 0 Å². The summed E-state index contributed by atoms with van der Waals surface area (Å²) in [6.07, 6.45) is 0.760. The summed E-state index contributed by atoms with van der Waals surface area (Å²) < 4.78 is 0. The molecule has 32 heavy (non-hydrogen) atoms. The van der Waals surface area contributed by atoms with Gasteiger partial charge in [-0.1, -0.05) is 18.2 Å². The van der Waals surface area contributed by atoms with Crippen molar-refractivity contribution in [2.45, 2.75) is 25.3 Å². The largest absolute Gasteiger partial charge is 0.478 e. The van der Waals surface area contributed by atoms with Crippen molar-refractivity contribution < 1.29 is 24.3 Å². The summed E-state index contributed by atoms with van der Waals surface area (Å²) in [5.41, 5.74) is 2.37. The van der Waals surface area contributed by atoms with E-state index in [1.165, 1.54) is 12.1 Å². The number of aromatic amines is 1. The fourth-order valence-corrected chi connectivity index (χ4v) is 3.62. The second kappa shape index (κ2) is 8.88. The summed E-state index contributed by atoms with van der Waals surface area (Å²) in [5.74, 6) is -2.19. The van der Waals surface area contributed by atoms with Crippen molar-refractivity contribution in [2.75, 3.05) is 11.9 Å². The van der Waals surface area contributed by atoms with Crippen molar-refractivity contribution in [3.63, 3.8) is 0 Å². The quantitative estimate of drug-likeness (QED) is 0.395. The number of aromatic carboxylic acids is 1. The molecule has 0 spiro atoms. The predicted octanol–water partition coefficient (Wildman–Crippen LogP) is 1.45. The van der Waals surface area contributed by atoms with Gasteiger partial charge in [0, 0.05) is 24.0 Å². The molecule has 164 valence electrons. The summed E-state index contributed by atoms with van der Waals surface area (Å²) in [6, 6.07) is 11.0. The van der Waals surface area contributed by atoms with Crippen LogP contribution in [0.15, 0.2) is 42.5 Å². The highest BCUT2D eigenvalue weighted by molar-refractivity contribution is 6.04. The molecule has 0 saturated carbocycles. The van der Waals surface area contributed by atoms with Crippen LogP contribution >= 0.6 is 0 Å². The first-order chi connectivity index (χ1) is 15.4. The maximum Gasteiger partial charge on any atom is 0.335 e. The minimum atomic E-state index is -1.04. The Morgan fingerprint density at radius 3 is 2.78 bits per heavy atom. The average molecular weight is 435 g/mol. The average Bonchev–Trinajstić information content (AvgIpc) is 3.14. The van der Waals surface area contributed by atoms with Crippen molar-refractivity contribution in [1.82, 2.24) is 20.8 Å². The highest BCUT2D eigenvalue weighted by Crippen LogP contribution is 2.23. The lowest BCUT2D eigenvalue weighted by Crippen LogP contribution is -2.44. The molecule has 0 aliphatic carbocycles. The van der Waals surface area contributed by atoms with Gasteiger partial charge in [-0.2, -0.15) is 5.10 Å². The van der Waals surface area contributed by atoms with Gasteiger partial charge in [-0.05, 0) is 42.7 Å². The van der Waals surface area contributed by atoms with Crippen LogP contribution in [0.3, 0.4) is 0 Å². The number of nitrogens with zero attached hydrogens (tertiary/aromatic N) is 1. The predicted molar refractivity (Wildman–Crippen MR) is 115 cm³/mol. The molecular weight excluding hydrogens is 414 g/mol. The molecule has 1 unspecified atom stereocenters. The fraction of sp³-hybridized carbons (Fsp3) is 0.227. The van der Waals surface area contributed by atoms with E-state index in [4.69, 9.17) is 5.11 Å². The second-order valence-electron chi connectivity index (χ2n) is 7.45. The van der Waals surface area contributed by atoms with Gasteiger partial charge >= 0.3 is 5.97 Å². The molecular formula is C22H21N5O5. The Morgan fingerprint density at radius 1 is 1.16 bits per heavy atom. The smallest absolute Gasteiger partial charge is 0.335 e. The number of para-hydroxylation sites is 1. The monoisotopic (exact) mass is 435 g/mol. The number of fused-ring (bicyclic) bond motifs is 2. The minimum absolute atomic E-state index is 0.00597. The van der Waals surface area contributed by atoms with E-state index in [-0.39, 0.29) is 36.0 Å². The van der Waals surface area contributed by atoms with Crippen molar-refractivity contribution in [2.24, 2.45) is 0 Å². The Bertz CT molecular complexity index is 1220. The van der Waals surface area contributed by atoms with Gasteiger partial charge in [-0.25, -0.2) is 4.79 Å². The number of hydrogen-bond donors (Lipinski definition) is 5. The first-order valence-electron chi connectivity index (χ1n) is 10.1. The molecule has 2 heterocycles. The zero-order chi connectivity index (χ0) is 22.7. The molecule has 2 aromatic carbocycles. The topological polar surface area (TPSA) is 153 Å². The number of aromatic nitrogens is 2. The Balaban J connectivity index is 1.30. The second-order valence-corrected chi connectivity index (χ2v) is 7.45. The van der Waals surface area contributed by atoms with E-state index in [0.717, 1.165) is 5.52 Å². The molecule has 1 aromatic heterocycles. The summed E-state index contributed by atoms with van der Waals surface area (Å²) in [5, 5.41) is 24.7. The van der Waals surface area contributed by atoms with Crippen LogP contribution in [0.4, 0.5) is 5.69 Å². The van der Waals surface area contributed by atoms with Gasteiger partial charge in [-0.15, -0.1) is 0 Å². The number of carbonyl (C=O) groups excluding carboxylic acids is 3. The number of carboxylic acids is 1. The zero-order valence-corrected chi connectivity index (χ0v) is 17.0. The van der Waals surface area contributed by atoms with Crippen molar-refractivity contribution in [1.29, 1.82) is 0 Å². The number of benzene rings is 2. The van der Waals surface area contributed by atoms with E-state index in [2.05, 4.69) is 26.1 Å². The molecule has 4 rings (SSSR count). The maximum atomic E-state index is 12.5. The van der Waals surface area contributed by atoms with Crippen molar-refractivity contribution >= 4 is 40.3 Å². The highest BCUT2D eigenvalue weighted by Gasteiger charge is 2.25. The summed E-state index contributed by atoms with van der Waals surface area (Å²) in [4.78, 5) is 48.3. The van der Waals surface area contributed by atoms with E-state index in [1.54, 1.807) is 18.2 Å². The number of carbonyl (C=O) groups is 4. The molecule has 0 bridgehead atoms. The Labute approximate surface area is 182 Å². The van der Waals surface area contributed by atoms with E-state index in [9.17, 15) is 19.2 Å². The van der Waals surface area contributed by atoms with Gasteiger partial charge in [0.15, 0.2) is 5.69 Å². The summed E-state index contributed by atoms with van der Waals surface area (Å²) in [7, 11) is 0. The Kier molecular flexibility index (Phi) is 5.84. The third kappa shape index (κ3) is 4.43. The number of carboxylic acid groups (broad SMARTS) is 1. The van der Waals surface area contributed by atoms with Crippen LogP contribution in [-0.4, -0.2) is 51.6 Å². The van der Waals surface area contributed by atoms with Crippen molar-refractivity contribution in [3.8, 4) is 0 Å². The van der Waals surface area contributed by atoms with E-state index >= 15 is 0 Å². The standard InChI is InChI=1S/C22H21N5O5/c28-18(9-10-23-21(30)19-14-3-1-2-4-16(14)26-27-19)24-17-8-5-12-11-13(22(31)32)6-7-15(12)25-20(17)29/h1-4,6-7,11,17H,5,8-10H2,(H,23,30)(H,24,28)(H,25,29)(H,26,27)(H,31,32). The van der Waals surface area contributed by atoms with Crippen LogP contribution in [0, 0.1) is 0 Å². The molecule has 3 aromatic rings. The maximum absolute atomic E-state index is 12.5. The van der Waals surface area contributed by atoms with E-state index < -0.39 is 17.9 Å². The summed E-state index contributed by atoms with van der Waals surface area (Å²) in [6.45, 7) is 0.0857. The molecule has 1 atom stereocenters. The van der Waals surface area contributed by atoms with Crippen LogP contribution in [-0.2, 0) is 16.0 Å². The number of rotatable bonds is 6. The number of aryl methyl sites for hydroxylation is 1. The number of nitrogens with one attached hydrogen (secondary N) is 4. The molecule has 5 N–H and O–H groups in total. The van der Waals surface area contributed by atoms with Gasteiger partial charge in [0.2, 0.25) is 11.8 Å². The molecule has 0 fully saturated rings. The SMILES string of the molecule is O=C(CCNC(=O)c1n[nH]c2ccccc12)NC1CCc2cc(C(=O)O)ccc2NC1=O. The molecule has 1 aliphatic heterocycles. The molecule has 1 aliphatic rings. The number of amides is 3. The molecule has 3 amide bonds. The third-order valence-electron chi connectivity index (χ3n) is 5.29. The Morgan fingerprint density at radius 2 is 1.97 bits per heavy atom. The van der Waals surface area contributed by atoms with Gasteiger partial charge in [0.05, 0.1) is 11.1 Å². The normalized spacial score (nSPS) is 15.4. The highest BCUT2D eigenvalue weighted by atomic mass is 16.4. The first-order valence-corrected chi connectivity index (χ1v) is 10.1. The van der Waals surface area contributed by atoms with Gasteiger partial charge in [0.25, 0.3) is 5.91 Å². The number of H-pyrrole nitrogens is 1. The lowest BCUT2D eigenvalue weighted by Gasteiger charge is -2.15. The van der Waals surface area contributed by atoms with Gasteiger partial charge in [0.1, 0.15) is 6.04 Å². The van der Waals surface area contributed by atoms with Gasteiger partial charge < -0.3 is 21.1 Å². The zero-order valence-electron chi connectivity index (χ0n) is 17.0. The van der Waals surface area contributed by atoms with Crippen molar-refractivity contribution in [3.05, 3.63) is 59.3 Å². The lowest BCUT2D eigenvalue weighted by molar-refractivity contribution is -0.126. The third-order valence-corrected chi connectivity index (χ3v) is 5.29.